The van der Waals surface area contributed by atoms with Crippen LogP contribution in [-0.2, 0) is 6.54 Å². The van der Waals surface area contributed by atoms with E-state index < -0.39 is 0 Å². The number of benzene rings is 3. The van der Waals surface area contributed by atoms with Crippen LogP contribution in [0.15, 0.2) is 65.6 Å². The molecule has 1 saturated carbocycles. The zero-order valence-electron chi connectivity index (χ0n) is 23.8. The molecule has 1 N–H and O–H groups in total. The van der Waals surface area contributed by atoms with Crippen molar-refractivity contribution in [1.29, 1.82) is 0 Å². The van der Waals surface area contributed by atoms with Crippen LogP contribution >= 0.6 is 11.6 Å². The molecule has 3 atom stereocenters. The van der Waals surface area contributed by atoms with Crippen LogP contribution in [0, 0.1) is 17.7 Å². The number of nitrogens with zero attached hydrogens (tertiary/aromatic N) is 1. The topological polar surface area (TPSA) is 71.6 Å². The quantitative estimate of drug-likeness (QED) is 0.208. The average Bonchev–Trinajstić information content (AvgIpc) is 3.56. The van der Waals surface area contributed by atoms with Crippen molar-refractivity contribution in [2.75, 3.05) is 20.3 Å². The van der Waals surface area contributed by atoms with E-state index >= 15 is 0 Å². The molecule has 3 aromatic carbocycles. The number of likely N-dealkylation sites (tertiary alicyclic amines) is 1. The number of ether oxygens (including phenoxy) is 2. The van der Waals surface area contributed by atoms with E-state index in [0.29, 0.717) is 52.4 Å². The summed E-state index contributed by atoms with van der Waals surface area (Å²) in [6.45, 7) is 4.14. The lowest BCUT2D eigenvalue weighted by Crippen LogP contribution is -2.30. The highest BCUT2D eigenvalue weighted by atomic mass is 35.5. The van der Waals surface area contributed by atoms with Crippen molar-refractivity contribution in [2.45, 2.75) is 45.2 Å². The van der Waals surface area contributed by atoms with Crippen molar-refractivity contribution < 1.29 is 18.7 Å². The van der Waals surface area contributed by atoms with Crippen LogP contribution in [-0.4, -0.2) is 42.0 Å². The number of carbonyl (C=O) groups is 1. The maximum atomic E-state index is 13.6. The van der Waals surface area contributed by atoms with Crippen molar-refractivity contribution >= 4 is 28.3 Å². The summed E-state index contributed by atoms with van der Waals surface area (Å²) in [7, 11) is 1.64. The van der Waals surface area contributed by atoms with Gasteiger partial charge in [0.2, 0.25) is 0 Å². The molecule has 0 radical (unpaired) electrons. The highest BCUT2D eigenvalue weighted by Gasteiger charge is 2.44. The largest absolute Gasteiger partial charge is 0.496 e. The number of fused-ring (bicyclic) bond motifs is 2. The number of H-pyrrole nitrogens is 1. The number of nitrogens with one attached hydrogen (secondary N) is 1. The van der Waals surface area contributed by atoms with E-state index in [1.54, 1.807) is 37.4 Å². The van der Waals surface area contributed by atoms with E-state index in [1.165, 1.54) is 18.3 Å². The van der Waals surface area contributed by atoms with Gasteiger partial charge in [-0.3, -0.25) is 14.5 Å². The van der Waals surface area contributed by atoms with E-state index in [-0.39, 0.29) is 28.5 Å². The molecular weight excluding hydrogens is 555 g/mol. The molecule has 2 aliphatic rings. The first kappa shape index (κ1) is 28.4. The standard InChI is InChI=1S/C34H34ClFN2O4/c1-3-42-32-15-20(14-31(41-2)33(32)21-4-8-24(36)9-5-21)19-38-13-12-25-22(6-11-29(25)38)16-30(39)27-18-37-28-17-23(35)7-10-26(28)34(27)40/h4-5,7-10,14-15,17-18,22,25,29H,3,6,11-13,16,19H2,1-2H3,(H,37,40)/t22?,25-,29+/m0/s1. The van der Waals surface area contributed by atoms with Gasteiger partial charge in [-0.05, 0) is 98.2 Å². The lowest BCUT2D eigenvalue weighted by Gasteiger charge is -2.25. The molecule has 2 fully saturated rings. The van der Waals surface area contributed by atoms with Crippen LogP contribution in [0.1, 0.15) is 48.5 Å². The minimum atomic E-state index is -0.290. The Morgan fingerprint density at radius 2 is 1.86 bits per heavy atom. The van der Waals surface area contributed by atoms with Crippen molar-refractivity contribution in [3.8, 4) is 22.6 Å². The SMILES string of the molecule is CCOc1cc(CN2CC[C@H]3C(CC(=O)c4c[nH]c5cc(Cl)ccc5c4=O)CC[C@H]32)cc(OC)c1-c1ccc(F)cc1. The monoisotopic (exact) mass is 588 g/mol. The number of aromatic nitrogens is 1. The summed E-state index contributed by atoms with van der Waals surface area (Å²) in [5, 5.41) is 1.02. The van der Waals surface area contributed by atoms with Gasteiger partial charge in [-0.15, -0.1) is 0 Å². The Morgan fingerprint density at radius 3 is 2.62 bits per heavy atom. The Morgan fingerprint density at radius 1 is 1.07 bits per heavy atom. The number of aromatic amines is 1. The third kappa shape index (κ3) is 5.43. The van der Waals surface area contributed by atoms with Crippen LogP contribution in [0.5, 0.6) is 11.5 Å². The number of Topliss-reactive ketones (excluding diaryl/α,β-unsaturated/α-hetero) is 1. The molecule has 1 unspecified atom stereocenters. The Kier molecular flexibility index (Phi) is 8.06. The molecular formula is C34H34ClFN2O4. The van der Waals surface area contributed by atoms with Crippen LogP contribution in [0.3, 0.4) is 0 Å². The molecule has 1 aliphatic heterocycles. The minimum Gasteiger partial charge on any atom is -0.496 e. The third-order valence-electron chi connectivity index (χ3n) is 8.91. The van der Waals surface area contributed by atoms with Crippen LogP contribution in [0.4, 0.5) is 4.39 Å². The van der Waals surface area contributed by atoms with E-state index in [4.69, 9.17) is 21.1 Å². The van der Waals surface area contributed by atoms with Crippen molar-refractivity contribution in [2.24, 2.45) is 11.8 Å². The van der Waals surface area contributed by atoms with Gasteiger partial charge in [-0.1, -0.05) is 23.7 Å². The van der Waals surface area contributed by atoms with Crippen molar-refractivity contribution in [3.05, 3.63) is 93.0 Å². The molecule has 0 bridgehead atoms. The Balaban J connectivity index is 1.18. The molecule has 8 heteroatoms. The van der Waals surface area contributed by atoms with Gasteiger partial charge >= 0.3 is 0 Å². The van der Waals surface area contributed by atoms with Crippen molar-refractivity contribution in [1.82, 2.24) is 9.88 Å². The number of hydrogen-bond donors (Lipinski definition) is 1. The molecule has 6 nitrogen and oxygen atoms in total. The van der Waals surface area contributed by atoms with Crippen LogP contribution in [0.2, 0.25) is 5.02 Å². The summed E-state index contributed by atoms with van der Waals surface area (Å²) in [5.41, 5.74) is 3.35. The zero-order chi connectivity index (χ0) is 29.4. The lowest BCUT2D eigenvalue weighted by molar-refractivity contribution is 0.0948. The Bertz CT molecular complexity index is 1690. The highest BCUT2D eigenvalue weighted by molar-refractivity contribution is 6.31. The van der Waals surface area contributed by atoms with Crippen LogP contribution < -0.4 is 14.9 Å². The smallest absolute Gasteiger partial charge is 0.200 e. The number of ketones is 1. The van der Waals surface area contributed by atoms with Gasteiger partial charge in [0, 0.05) is 35.6 Å². The molecule has 1 aromatic heterocycles. The molecule has 0 spiro atoms. The number of halogens is 2. The fraction of sp³-hybridized carbons (Fsp3) is 0.353. The maximum absolute atomic E-state index is 13.6. The van der Waals surface area contributed by atoms with E-state index in [1.807, 2.05) is 13.0 Å². The van der Waals surface area contributed by atoms with E-state index in [0.717, 1.165) is 49.0 Å². The molecule has 42 heavy (non-hydrogen) atoms. The molecule has 4 aromatic rings. The number of rotatable bonds is 9. The summed E-state index contributed by atoms with van der Waals surface area (Å²) >= 11 is 6.06. The number of carbonyl (C=O) groups excluding carboxylic acids is 1. The molecule has 0 amide bonds. The third-order valence-corrected chi connectivity index (χ3v) is 9.14. The summed E-state index contributed by atoms with van der Waals surface area (Å²) in [5.74, 6) is 1.69. The van der Waals surface area contributed by atoms with Gasteiger partial charge in [0.15, 0.2) is 11.2 Å². The molecule has 1 aliphatic carbocycles. The Labute approximate surface area is 249 Å². The summed E-state index contributed by atoms with van der Waals surface area (Å²) in [6, 6.07) is 15.9. The second kappa shape index (κ2) is 11.9. The highest BCUT2D eigenvalue weighted by Crippen LogP contribution is 2.46. The summed E-state index contributed by atoms with van der Waals surface area (Å²) in [6.07, 6.45) is 4.94. The second-order valence-electron chi connectivity index (χ2n) is 11.3. The minimum absolute atomic E-state index is 0.0975. The van der Waals surface area contributed by atoms with Crippen LogP contribution in [0.25, 0.3) is 22.0 Å². The van der Waals surface area contributed by atoms with Gasteiger partial charge in [-0.2, -0.15) is 0 Å². The van der Waals surface area contributed by atoms with Crippen molar-refractivity contribution in [3.63, 3.8) is 0 Å². The number of hydrogen-bond acceptors (Lipinski definition) is 5. The summed E-state index contributed by atoms with van der Waals surface area (Å²) < 4.78 is 25.4. The summed E-state index contributed by atoms with van der Waals surface area (Å²) in [4.78, 5) is 32.0. The first-order valence-electron chi connectivity index (χ1n) is 14.5. The average molecular weight is 589 g/mol. The van der Waals surface area contributed by atoms with Gasteiger partial charge in [0.25, 0.3) is 0 Å². The number of pyridine rings is 1. The van der Waals surface area contributed by atoms with E-state index in [2.05, 4.69) is 16.0 Å². The lowest BCUT2D eigenvalue weighted by atomic mass is 9.87. The Hall–Kier alpha value is -3.68. The molecule has 218 valence electrons. The van der Waals surface area contributed by atoms with Gasteiger partial charge in [-0.25, -0.2) is 4.39 Å². The van der Waals surface area contributed by atoms with Gasteiger partial charge in [0.05, 0.1) is 30.4 Å². The molecule has 6 rings (SSSR count). The first-order chi connectivity index (χ1) is 20.4. The zero-order valence-corrected chi connectivity index (χ0v) is 24.5. The predicted octanol–water partition coefficient (Wildman–Crippen LogP) is 7.27. The second-order valence-corrected chi connectivity index (χ2v) is 11.7. The fourth-order valence-electron chi connectivity index (χ4n) is 6.99. The van der Waals surface area contributed by atoms with E-state index in [9.17, 15) is 14.0 Å². The number of methoxy groups -OCH3 is 1. The molecule has 2 heterocycles. The molecule has 1 saturated heterocycles. The predicted molar refractivity (Wildman–Crippen MR) is 163 cm³/mol. The van der Waals surface area contributed by atoms with Gasteiger partial charge in [0.1, 0.15) is 17.3 Å². The normalized spacial score (nSPS) is 20.1. The first-order valence-corrected chi connectivity index (χ1v) is 14.9. The fourth-order valence-corrected chi connectivity index (χ4v) is 7.16. The van der Waals surface area contributed by atoms with Gasteiger partial charge < -0.3 is 14.5 Å². The maximum Gasteiger partial charge on any atom is 0.200 e.